The number of aromatic hydroxyl groups is 1. The third kappa shape index (κ3) is 4.99. The minimum absolute atomic E-state index is 0.0555. The highest BCUT2D eigenvalue weighted by Gasteiger charge is 2.21. The first-order chi connectivity index (χ1) is 17.5. The van der Waals surface area contributed by atoms with Crippen molar-refractivity contribution in [3.63, 3.8) is 0 Å². The highest BCUT2D eigenvalue weighted by atomic mass is 16.5. The van der Waals surface area contributed by atoms with Gasteiger partial charge in [-0.2, -0.15) is 0 Å². The molecule has 0 aliphatic carbocycles. The van der Waals surface area contributed by atoms with E-state index in [2.05, 4.69) is 15.6 Å². The number of nitrogens with one attached hydrogen (secondary N) is 3. The Hall–Kier alpha value is -4.43. The summed E-state index contributed by atoms with van der Waals surface area (Å²) < 4.78 is 5.10. The maximum Gasteiger partial charge on any atom is 0.338 e. The molecule has 8 nitrogen and oxygen atoms in total. The summed E-state index contributed by atoms with van der Waals surface area (Å²) in [6, 6.07) is 21.5. The number of aromatic amines is 1. The molecule has 4 N–H and O–H groups in total. The van der Waals surface area contributed by atoms with Crippen molar-refractivity contribution in [2.45, 2.75) is 13.0 Å². The van der Waals surface area contributed by atoms with Crippen LogP contribution in [0.3, 0.4) is 0 Å². The third-order valence-corrected chi connectivity index (χ3v) is 5.84. The van der Waals surface area contributed by atoms with Crippen LogP contribution in [0.1, 0.15) is 40.0 Å². The number of benzene rings is 3. The van der Waals surface area contributed by atoms with Gasteiger partial charge in [0, 0.05) is 23.5 Å². The topological polar surface area (TPSA) is 116 Å². The number of fused-ring (bicyclic) bond motifs is 1. The summed E-state index contributed by atoms with van der Waals surface area (Å²) in [4.78, 5) is 32.2. The van der Waals surface area contributed by atoms with Gasteiger partial charge >= 0.3 is 5.97 Å². The number of H-pyrrole nitrogens is 1. The Morgan fingerprint density at radius 2 is 1.72 bits per heavy atom. The number of ether oxygens (including phenoxy) is 1. The first-order valence-electron chi connectivity index (χ1n) is 11.6. The minimum Gasteiger partial charge on any atom is -0.494 e. The fourth-order valence-electron chi connectivity index (χ4n) is 4.09. The highest BCUT2D eigenvalue weighted by molar-refractivity contribution is 6.22. The molecule has 1 heterocycles. The molecule has 8 heteroatoms. The number of esters is 1. The normalized spacial score (nSPS) is 12.4. The molecule has 1 unspecified atom stereocenters. The fraction of sp³-hybridized carbons (Fsp3) is 0.179. The van der Waals surface area contributed by atoms with Gasteiger partial charge in [-0.3, -0.25) is 4.79 Å². The number of hydrogen-bond donors (Lipinski definition) is 4. The van der Waals surface area contributed by atoms with Crippen molar-refractivity contribution in [2.75, 3.05) is 20.7 Å². The van der Waals surface area contributed by atoms with Gasteiger partial charge in [0.25, 0.3) is 0 Å². The maximum atomic E-state index is 12.2. The molecule has 1 atom stereocenters. The van der Waals surface area contributed by atoms with E-state index in [0.717, 1.165) is 16.5 Å². The monoisotopic (exact) mass is 484 g/mol. The van der Waals surface area contributed by atoms with E-state index in [1.165, 1.54) is 0 Å². The standard InChI is InChI=1S/C28H28N4O4/c1-4-36-28(35)19-12-15-21-22(16-19)32-26(33)23(21)24(17-8-6-5-7-9-17)31-20-13-10-18(11-14-20)25(29-2)27(34)30-3/h5-16,25,29,32-33H,4H2,1-3H3,(H,30,34). The SMILES string of the molecule is CCOC(=O)c1ccc2c(C(=Nc3ccc(C(NC)C(=O)NC)cc3)c3ccccc3)c(O)[nH]c2c1. The molecule has 0 radical (unpaired) electrons. The van der Waals surface area contributed by atoms with Crippen LogP contribution in [0.4, 0.5) is 5.69 Å². The van der Waals surface area contributed by atoms with Crippen molar-refractivity contribution in [3.05, 3.63) is 95.1 Å². The lowest BCUT2D eigenvalue weighted by Gasteiger charge is -2.15. The van der Waals surface area contributed by atoms with Crippen LogP contribution < -0.4 is 10.6 Å². The summed E-state index contributed by atoms with van der Waals surface area (Å²) in [5, 5.41) is 17.3. The third-order valence-electron chi connectivity index (χ3n) is 5.84. The zero-order valence-electron chi connectivity index (χ0n) is 20.3. The lowest BCUT2D eigenvalue weighted by molar-refractivity contribution is -0.122. The highest BCUT2D eigenvalue weighted by Crippen LogP contribution is 2.32. The van der Waals surface area contributed by atoms with E-state index in [1.807, 2.05) is 54.6 Å². The van der Waals surface area contributed by atoms with Crippen molar-refractivity contribution < 1.29 is 19.4 Å². The fourth-order valence-corrected chi connectivity index (χ4v) is 4.09. The number of aromatic nitrogens is 1. The minimum atomic E-state index is -0.479. The van der Waals surface area contributed by atoms with E-state index in [0.29, 0.717) is 28.0 Å². The number of nitrogens with zero attached hydrogens (tertiary/aromatic N) is 1. The molecule has 0 bridgehead atoms. The van der Waals surface area contributed by atoms with Gasteiger partial charge in [-0.15, -0.1) is 0 Å². The number of carbonyl (C=O) groups excluding carboxylic acids is 2. The van der Waals surface area contributed by atoms with Gasteiger partial charge < -0.3 is 25.5 Å². The van der Waals surface area contributed by atoms with Gasteiger partial charge in [-0.1, -0.05) is 48.5 Å². The molecule has 36 heavy (non-hydrogen) atoms. The number of amides is 1. The number of aliphatic imine (C=N–C) groups is 1. The van der Waals surface area contributed by atoms with Gasteiger partial charge in [-0.25, -0.2) is 9.79 Å². The molecule has 0 aliphatic heterocycles. The second-order valence-electron chi connectivity index (χ2n) is 8.08. The van der Waals surface area contributed by atoms with Crippen LogP contribution >= 0.6 is 0 Å². The van der Waals surface area contributed by atoms with E-state index in [-0.39, 0.29) is 18.4 Å². The van der Waals surface area contributed by atoms with Crippen LogP contribution in [0, 0.1) is 0 Å². The molecule has 184 valence electrons. The maximum absolute atomic E-state index is 12.2. The molecule has 0 saturated carbocycles. The summed E-state index contributed by atoms with van der Waals surface area (Å²) >= 11 is 0. The summed E-state index contributed by atoms with van der Waals surface area (Å²) in [5.74, 6) is -0.617. The zero-order chi connectivity index (χ0) is 25.7. The van der Waals surface area contributed by atoms with Crippen LogP contribution in [0.25, 0.3) is 10.9 Å². The predicted molar refractivity (Wildman–Crippen MR) is 140 cm³/mol. The lowest BCUT2D eigenvalue weighted by atomic mass is 10.00. The second kappa shape index (κ2) is 10.9. The molecule has 3 aromatic carbocycles. The van der Waals surface area contributed by atoms with Crippen molar-refractivity contribution in [1.82, 2.24) is 15.6 Å². The number of hydrogen-bond acceptors (Lipinski definition) is 6. The largest absolute Gasteiger partial charge is 0.494 e. The lowest BCUT2D eigenvalue weighted by Crippen LogP contribution is -2.33. The van der Waals surface area contributed by atoms with Crippen molar-refractivity contribution in [2.24, 2.45) is 4.99 Å². The van der Waals surface area contributed by atoms with E-state index in [9.17, 15) is 14.7 Å². The Morgan fingerprint density at radius 3 is 2.36 bits per heavy atom. The van der Waals surface area contributed by atoms with Crippen molar-refractivity contribution in [3.8, 4) is 5.88 Å². The Bertz CT molecular complexity index is 1410. The van der Waals surface area contributed by atoms with Crippen LogP contribution in [0.2, 0.25) is 0 Å². The predicted octanol–water partition coefficient (Wildman–Crippen LogP) is 4.23. The van der Waals surface area contributed by atoms with E-state index in [4.69, 9.17) is 9.73 Å². The average Bonchev–Trinajstić information content (AvgIpc) is 3.23. The molecule has 4 rings (SSSR count). The molecule has 1 amide bonds. The molecular weight excluding hydrogens is 456 g/mol. The smallest absolute Gasteiger partial charge is 0.338 e. The summed E-state index contributed by atoms with van der Waals surface area (Å²) in [5.41, 5.74) is 4.34. The summed E-state index contributed by atoms with van der Waals surface area (Å²) in [6.07, 6.45) is 0. The van der Waals surface area contributed by atoms with Gasteiger partial charge in [0.1, 0.15) is 6.04 Å². The zero-order valence-corrected chi connectivity index (χ0v) is 20.3. The first-order valence-corrected chi connectivity index (χ1v) is 11.6. The van der Waals surface area contributed by atoms with E-state index >= 15 is 0 Å². The van der Waals surface area contributed by atoms with Crippen LogP contribution in [0.15, 0.2) is 77.8 Å². The molecule has 1 aromatic heterocycles. The van der Waals surface area contributed by atoms with Crippen LogP contribution in [0.5, 0.6) is 5.88 Å². The number of carbonyl (C=O) groups is 2. The molecule has 0 fully saturated rings. The first kappa shape index (κ1) is 24.7. The Balaban J connectivity index is 1.81. The van der Waals surface area contributed by atoms with E-state index in [1.54, 1.807) is 39.2 Å². The Labute approximate surface area is 209 Å². The van der Waals surface area contributed by atoms with Gasteiger partial charge in [0.15, 0.2) is 5.88 Å². The quantitative estimate of drug-likeness (QED) is 0.221. The van der Waals surface area contributed by atoms with Crippen LogP contribution in [-0.4, -0.2) is 48.4 Å². The van der Waals surface area contributed by atoms with Crippen molar-refractivity contribution in [1.29, 1.82) is 0 Å². The molecular formula is C28H28N4O4. The van der Waals surface area contributed by atoms with Gasteiger partial charge in [-0.05, 0) is 43.8 Å². The molecule has 4 aromatic rings. The number of likely N-dealkylation sites (N-methyl/N-ethyl adjacent to an activating group) is 2. The van der Waals surface area contributed by atoms with Crippen LogP contribution in [-0.2, 0) is 9.53 Å². The second-order valence-corrected chi connectivity index (χ2v) is 8.08. The Morgan fingerprint density at radius 1 is 1.00 bits per heavy atom. The summed E-state index contributed by atoms with van der Waals surface area (Å²) in [7, 11) is 3.33. The van der Waals surface area contributed by atoms with Crippen molar-refractivity contribution >= 4 is 34.2 Å². The Kier molecular flexibility index (Phi) is 7.46. The van der Waals surface area contributed by atoms with Gasteiger partial charge in [0.2, 0.25) is 5.91 Å². The summed E-state index contributed by atoms with van der Waals surface area (Å²) in [6.45, 7) is 2.03. The molecule has 0 aliphatic rings. The van der Waals surface area contributed by atoms with Gasteiger partial charge in [0.05, 0.1) is 29.1 Å². The number of rotatable bonds is 8. The molecule has 0 spiro atoms. The van der Waals surface area contributed by atoms with E-state index < -0.39 is 12.0 Å². The average molecular weight is 485 g/mol. The molecule has 0 saturated heterocycles.